The summed E-state index contributed by atoms with van der Waals surface area (Å²) >= 11 is 0. The Kier molecular flexibility index (Phi) is 8.36. The van der Waals surface area contributed by atoms with Crippen LogP contribution in [0.3, 0.4) is 0 Å². The molecule has 0 saturated heterocycles. The van der Waals surface area contributed by atoms with Gasteiger partial charge in [-0.3, -0.25) is 9.59 Å². The quantitative estimate of drug-likeness (QED) is 0.408. The third kappa shape index (κ3) is 7.61. The monoisotopic (exact) mass is 291 g/mol. The van der Waals surface area contributed by atoms with Crippen LogP contribution in [0.2, 0.25) is 0 Å². The van der Waals surface area contributed by atoms with Crippen LogP contribution in [0.15, 0.2) is 30.3 Å². The molecule has 4 heteroatoms. The van der Waals surface area contributed by atoms with Crippen LogP contribution in [0, 0.1) is 0 Å². The van der Waals surface area contributed by atoms with E-state index in [0.717, 1.165) is 25.7 Å². The lowest BCUT2D eigenvalue weighted by Crippen LogP contribution is -2.28. The molecule has 0 bridgehead atoms. The summed E-state index contributed by atoms with van der Waals surface area (Å²) in [5.74, 6) is -0.362. The molecule has 1 aromatic rings. The fraction of sp³-hybridized carbons (Fsp3) is 0.529. The molecule has 1 rings (SSSR count). The van der Waals surface area contributed by atoms with Gasteiger partial charge in [0.15, 0.2) is 5.78 Å². The number of nitrogens with two attached hydrogens (primary N) is 1. The van der Waals surface area contributed by atoms with Gasteiger partial charge in [-0.25, -0.2) is 0 Å². The lowest BCUT2D eigenvalue weighted by Gasteiger charge is -2.10. The van der Waals surface area contributed by atoms with E-state index in [1.807, 2.05) is 18.2 Å². The van der Waals surface area contributed by atoms with E-state index in [9.17, 15) is 9.59 Å². The maximum atomic E-state index is 11.9. The zero-order valence-corrected chi connectivity index (χ0v) is 12.7. The zero-order valence-electron chi connectivity index (χ0n) is 12.7. The van der Waals surface area contributed by atoms with E-state index in [1.165, 1.54) is 0 Å². The van der Waals surface area contributed by atoms with Crippen molar-refractivity contribution in [3.8, 4) is 0 Å². The number of Topliss-reactive ketones (excluding diaryl/α,β-unsaturated/α-hetero) is 1. The van der Waals surface area contributed by atoms with Gasteiger partial charge < -0.3 is 10.5 Å². The summed E-state index contributed by atoms with van der Waals surface area (Å²) < 4.78 is 5.12. The van der Waals surface area contributed by atoms with Gasteiger partial charge >= 0.3 is 5.97 Å². The van der Waals surface area contributed by atoms with Crippen molar-refractivity contribution in [1.82, 2.24) is 0 Å². The number of ether oxygens (including phenoxy) is 1. The summed E-state index contributed by atoms with van der Waals surface area (Å²) in [6, 6.07) is 8.49. The van der Waals surface area contributed by atoms with E-state index < -0.39 is 6.04 Å². The number of benzene rings is 1. The van der Waals surface area contributed by atoms with Crippen molar-refractivity contribution < 1.29 is 14.3 Å². The second-order valence-corrected chi connectivity index (χ2v) is 5.24. The van der Waals surface area contributed by atoms with Crippen molar-refractivity contribution in [1.29, 1.82) is 0 Å². The number of esters is 1. The fourth-order valence-corrected chi connectivity index (χ4v) is 2.04. The largest absolute Gasteiger partial charge is 0.466 e. The normalized spacial score (nSPS) is 11.9. The lowest BCUT2D eigenvalue weighted by molar-refractivity contribution is -0.144. The van der Waals surface area contributed by atoms with Crippen LogP contribution in [0.1, 0.15) is 55.8 Å². The first-order chi connectivity index (χ1) is 10.1. The van der Waals surface area contributed by atoms with Gasteiger partial charge in [-0.15, -0.1) is 0 Å². The summed E-state index contributed by atoms with van der Waals surface area (Å²) in [6.07, 6.45) is 4.52. The summed E-state index contributed by atoms with van der Waals surface area (Å²) in [5, 5.41) is 0. The highest BCUT2D eigenvalue weighted by molar-refractivity contribution is 5.96. The molecular weight excluding hydrogens is 266 g/mol. The number of hydrogen-bond donors (Lipinski definition) is 1. The Morgan fingerprint density at radius 1 is 1.10 bits per heavy atom. The smallest absolute Gasteiger partial charge is 0.307 e. The Morgan fingerprint density at radius 2 is 1.81 bits per heavy atom. The maximum Gasteiger partial charge on any atom is 0.307 e. The van der Waals surface area contributed by atoms with Gasteiger partial charge in [0.05, 0.1) is 13.0 Å². The standard InChI is InChI=1S/C17H25NO3/c1-2-3-4-8-11-21-17(20)13-15(18)12-16(19)14-9-6-5-7-10-14/h5-7,9-10,15H,2-4,8,11-13,18H2,1H3. The number of ketones is 1. The highest BCUT2D eigenvalue weighted by Gasteiger charge is 2.15. The van der Waals surface area contributed by atoms with Crippen molar-refractivity contribution in [2.75, 3.05) is 6.61 Å². The van der Waals surface area contributed by atoms with Crippen LogP contribution in [-0.2, 0) is 9.53 Å². The van der Waals surface area contributed by atoms with E-state index >= 15 is 0 Å². The fourth-order valence-electron chi connectivity index (χ4n) is 2.04. The minimum absolute atomic E-state index is 0.0427. The number of rotatable bonds is 10. The zero-order chi connectivity index (χ0) is 15.5. The second kappa shape index (κ2) is 10.1. The molecule has 0 spiro atoms. The van der Waals surface area contributed by atoms with Crippen molar-refractivity contribution in [3.05, 3.63) is 35.9 Å². The first-order valence-electron chi connectivity index (χ1n) is 7.63. The topological polar surface area (TPSA) is 69.4 Å². The number of unbranched alkanes of at least 4 members (excludes halogenated alkanes) is 3. The lowest BCUT2D eigenvalue weighted by atomic mass is 10.0. The average Bonchev–Trinajstić information content (AvgIpc) is 2.47. The minimum Gasteiger partial charge on any atom is -0.466 e. The van der Waals surface area contributed by atoms with E-state index in [1.54, 1.807) is 12.1 Å². The second-order valence-electron chi connectivity index (χ2n) is 5.24. The van der Waals surface area contributed by atoms with Crippen molar-refractivity contribution in [2.45, 2.75) is 51.5 Å². The summed E-state index contributed by atoms with van der Waals surface area (Å²) in [5.41, 5.74) is 6.47. The molecule has 0 aromatic heterocycles. The summed E-state index contributed by atoms with van der Waals surface area (Å²) in [7, 11) is 0. The van der Waals surface area contributed by atoms with Gasteiger partial charge in [0, 0.05) is 18.0 Å². The van der Waals surface area contributed by atoms with Gasteiger partial charge in [0.25, 0.3) is 0 Å². The van der Waals surface area contributed by atoms with E-state index in [0.29, 0.717) is 12.2 Å². The molecule has 0 radical (unpaired) electrons. The van der Waals surface area contributed by atoms with Crippen LogP contribution in [0.4, 0.5) is 0 Å². The van der Waals surface area contributed by atoms with Crippen LogP contribution in [0.25, 0.3) is 0 Å². The Morgan fingerprint density at radius 3 is 2.48 bits per heavy atom. The number of hydrogen-bond acceptors (Lipinski definition) is 4. The van der Waals surface area contributed by atoms with Gasteiger partial charge in [-0.05, 0) is 6.42 Å². The molecule has 4 nitrogen and oxygen atoms in total. The number of carbonyl (C=O) groups excluding carboxylic acids is 2. The molecule has 1 unspecified atom stereocenters. The van der Waals surface area contributed by atoms with Crippen LogP contribution in [0.5, 0.6) is 0 Å². The minimum atomic E-state index is -0.485. The van der Waals surface area contributed by atoms with Crippen molar-refractivity contribution in [2.24, 2.45) is 5.73 Å². The van der Waals surface area contributed by atoms with Crippen LogP contribution >= 0.6 is 0 Å². The average molecular weight is 291 g/mol. The molecule has 21 heavy (non-hydrogen) atoms. The summed E-state index contributed by atoms with van der Waals surface area (Å²) in [4.78, 5) is 23.5. The first kappa shape index (κ1) is 17.4. The first-order valence-corrected chi connectivity index (χ1v) is 7.63. The number of carbonyl (C=O) groups is 2. The van der Waals surface area contributed by atoms with Gasteiger partial charge in [0.2, 0.25) is 0 Å². The van der Waals surface area contributed by atoms with Gasteiger partial charge in [-0.1, -0.05) is 56.5 Å². The molecule has 0 aliphatic heterocycles. The van der Waals surface area contributed by atoms with Crippen LogP contribution < -0.4 is 5.73 Å². The van der Waals surface area contributed by atoms with Gasteiger partial charge in [0.1, 0.15) is 0 Å². The van der Waals surface area contributed by atoms with E-state index in [2.05, 4.69) is 6.92 Å². The van der Waals surface area contributed by atoms with Crippen molar-refractivity contribution >= 4 is 11.8 Å². The molecular formula is C17H25NO3. The van der Waals surface area contributed by atoms with Gasteiger partial charge in [-0.2, -0.15) is 0 Å². The molecule has 0 heterocycles. The molecule has 0 fully saturated rings. The van der Waals surface area contributed by atoms with Crippen molar-refractivity contribution in [3.63, 3.8) is 0 Å². The molecule has 0 aliphatic rings. The molecule has 0 amide bonds. The van der Waals surface area contributed by atoms with Crippen LogP contribution in [-0.4, -0.2) is 24.4 Å². The summed E-state index contributed by atoms with van der Waals surface area (Å²) in [6.45, 7) is 2.58. The predicted molar refractivity (Wildman–Crippen MR) is 83.1 cm³/mol. The highest BCUT2D eigenvalue weighted by Crippen LogP contribution is 2.07. The Balaban J connectivity index is 2.22. The third-order valence-electron chi connectivity index (χ3n) is 3.23. The molecule has 116 valence electrons. The van der Waals surface area contributed by atoms with E-state index in [4.69, 9.17) is 10.5 Å². The predicted octanol–water partition coefficient (Wildman–Crippen LogP) is 3.10. The highest BCUT2D eigenvalue weighted by atomic mass is 16.5. The maximum absolute atomic E-state index is 11.9. The molecule has 1 aromatic carbocycles. The third-order valence-corrected chi connectivity index (χ3v) is 3.23. The molecule has 1 atom stereocenters. The SMILES string of the molecule is CCCCCCOC(=O)CC(N)CC(=O)c1ccccc1. The Bertz CT molecular complexity index is 431. The molecule has 0 saturated carbocycles. The van der Waals surface area contributed by atoms with E-state index in [-0.39, 0.29) is 24.6 Å². The molecule has 0 aliphatic carbocycles. The Labute approximate surface area is 126 Å². The molecule has 2 N–H and O–H groups in total. The Hall–Kier alpha value is -1.68.